The van der Waals surface area contributed by atoms with Crippen molar-refractivity contribution in [2.24, 2.45) is 5.92 Å². The Kier molecular flexibility index (Phi) is 5.91. The van der Waals surface area contributed by atoms with Crippen molar-refractivity contribution in [3.8, 4) is 5.75 Å². The molecule has 2 aromatic carbocycles. The van der Waals surface area contributed by atoms with Gasteiger partial charge in [0.1, 0.15) is 11.6 Å². The van der Waals surface area contributed by atoms with Crippen LogP contribution in [-0.2, 0) is 6.11 Å². The highest BCUT2D eigenvalue weighted by Gasteiger charge is 2.38. The van der Waals surface area contributed by atoms with Gasteiger partial charge in [0.2, 0.25) is 0 Å². The second-order valence-electron chi connectivity index (χ2n) is 7.18. The Morgan fingerprint density at radius 3 is 2.04 bits per heavy atom. The molecule has 0 aromatic heterocycles. The van der Waals surface area contributed by atoms with Crippen molar-refractivity contribution < 1.29 is 31.1 Å². The van der Waals surface area contributed by atoms with E-state index in [0.29, 0.717) is 11.5 Å². The summed E-state index contributed by atoms with van der Waals surface area (Å²) in [7, 11) is 0. The number of alkyl halides is 2. The van der Waals surface area contributed by atoms with Gasteiger partial charge in [0.15, 0.2) is 17.5 Å². The molecule has 1 nitrogen and oxygen atoms in total. The standard InChI is InChI=1S/C21H20F6O/c1-2-12-3-5-13(6-4-12)14-7-8-16(17(22)9-14)21(26,27)28-15-10-18(23)20(25)19(24)11-15/h7-13H,2-6H2,1H3. The summed E-state index contributed by atoms with van der Waals surface area (Å²) in [5.74, 6) is -6.50. The van der Waals surface area contributed by atoms with Crippen LogP contribution in [0, 0.1) is 29.2 Å². The SMILES string of the molecule is CCC1CCC(c2ccc(C(F)(F)Oc3cc(F)c(F)c(F)c3)c(F)c2)CC1. The zero-order valence-electron chi connectivity index (χ0n) is 15.3. The predicted octanol–water partition coefficient (Wildman–Crippen LogP) is 7.06. The van der Waals surface area contributed by atoms with Crippen molar-refractivity contribution in [3.05, 3.63) is 64.7 Å². The van der Waals surface area contributed by atoms with Crippen molar-refractivity contribution in [1.29, 1.82) is 0 Å². The number of benzene rings is 2. The number of halogens is 6. The van der Waals surface area contributed by atoms with Gasteiger partial charge in [-0.05, 0) is 55.2 Å². The van der Waals surface area contributed by atoms with Gasteiger partial charge in [-0.3, -0.25) is 0 Å². The molecule has 0 radical (unpaired) electrons. The highest BCUT2D eigenvalue weighted by atomic mass is 19.3. The van der Waals surface area contributed by atoms with Gasteiger partial charge in [0, 0.05) is 12.1 Å². The Morgan fingerprint density at radius 1 is 0.893 bits per heavy atom. The first-order valence-electron chi connectivity index (χ1n) is 9.22. The second kappa shape index (κ2) is 8.05. The highest BCUT2D eigenvalue weighted by molar-refractivity contribution is 5.31. The summed E-state index contributed by atoms with van der Waals surface area (Å²) < 4.78 is 86.7. The summed E-state index contributed by atoms with van der Waals surface area (Å²) in [4.78, 5) is 0. The second-order valence-corrected chi connectivity index (χ2v) is 7.18. The molecule has 0 N–H and O–H groups in total. The normalized spacial score (nSPS) is 20.2. The molecule has 1 aliphatic carbocycles. The molecular formula is C21H20F6O. The molecule has 7 heteroatoms. The van der Waals surface area contributed by atoms with Gasteiger partial charge in [-0.2, -0.15) is 8.78 Å². The summed E-state index contributed by atoms with van der Waals surface area (Å²) >= 11 is 0. The topological polar surface area (TPSA) is 9.23 Å². The summed E-state index contributed by atoms with van der Waals surface area (Å²) in [6.07, 6.45) is 0.695. The summed E-state index contributed by atoms with van der Waals surface area (Å²) in [5.41, 5.74) is -0.408. The number of ether oxygens (including phenoxy) is 1. The van der Waals surface area contributed by atoms with E-state index in [1.165, 1.54) is 6.07 Å². The van der Waals surface area contributed by atoms with E-state index in [1.807, 2.05) is 0 Å². The molecule has 1 saturated carbocycles. The fourth-order valence-electron chi connectivity index (χ4n) is 3.72. The molecule has 0 unspecified atom stereocenters. The molecule has 0 atom stereocenters. The lowest BCUT2D eigenvalue weighted by Crippen LogP contribution is -2.24. The predicted molar refractivity (Wildman–Crippen MR) is 92.2 cm³/mol. The molecule has 3 rings (SSSR count). The summed E-state index contributed by atoms with van der Waals surface area (Å²) in [6.45, 7) is 2.13. The van der Waals surface area contributed by atoms with Crippen LogP contribution in [0.15, 0.2) is 30.3 Å². The lowest BCUT2D eigenvalue weighted by molar-refractivity contribution is -0.187. The zero-order valence-corrected chi connectivity index (χ0v) is 15.3. The van der Waals surface area contributed by atoms with Crippen LogP contribution in [0.3, 0.4) is 0 Å². The molecular weight excluding hydrogens is 382 g/mol. The summed E-state index contributed by atoms with van der Waals surface area (Å²) in [6, 6.07) is 3.98. The molecule has 0 spiro atoms. The Bertz CT molecular complexity index is 820. The molecule has 28 heavy (non-hydrogen) atoms. The third kappa shape index (κ3) is 4.28. The fourth-order valence-corrected chi connectivity index (χ4v) is 3.72. The number of hydrogen-bond acceptors (Lipinski definition) is 1. The van der Waals surface area contributed by atoms with E-state index in [2.05, 4.69) is 11.7 Å². The molecule has 1 fully saturated rings. The molecule has 0 aliphatic heterocycles. The van der Waals surface area contributed by atoms with Gasteiger partial charge in [-0.1, -0.05) is 19.4 Å². The first kappa shape index (κ1) is 20.6. The molecule has 0 bridgehead atoms. The van der Waals surface area contributed by atoms with Crippen LogP contribution in [0.25, 0.3) is 0 Å². The average Bonchev–Trinajstić information content (AvgIpc) is 2.65. The Labute approximate surface area is 159 Å². The van der Waals surface area contributed by atoms with Crippen molar-refractivity contribution in [2.75, 3.05) is 0 Å². The van der Waals surface area contributed by atoms with Crippen LogP contribution >= 0.6 is 0 Å². The van der Waals surface area contributed by atoms with Crippen LogP contribution in [-0.4, -0.2) is 0 Å². The van der Waals surface area contributed by atoms with E-state index >= 15 is 0 Å². The first-order chi connectivity index (χ1) is 13.2. The van der Waals surface area contributed by atoms with Crippen molar-refractivity contribution in [2.45, 2.75) is 51.1 Å². The smallest absolute Gasteiger partial charge is 0.429 e. The lowest BCUT2D eigenvalue weighted by Gasteiger charge is -2.28. The van der Waals surface area contributed by atoms with E-state index in [0.717, 1.165) is 44.2 Å². The van der Waals surface area contributed by atoms with Crippen molar-refractivity contribution >= 4 is 0 Å². The average molecular weight is 402 g/mol. The molecule has 0 saturated heterocycles. The molecule has 152 valence electrons. The van der Waals surface area contributed by atoms with Gasteiger partial charge in [-0.25, -0.2) is 17.6 Å². The first-order valence-corrected chi connectivity index (χ1v) is 9.22. The largest absolute Gasteiger partial charge is 0.429 e. The van der Waals surface area contributed by atoms with Gasteiger partial charge >= 0.3 is 6.11 Å². The third-order valence-electron chi connectivity index (χ3n) is 5.41. The molecule has 0 amide bonds. The number of rotatable bonds is 5. The number of hydrogen-bond donors (Lipinski definition) is 0. The summed E-state index contributed by atoms with van der Waals surface area (Å²) in [5, 5.41) is 0. The van der Waals surface area contributed by atoms with Crippen LogP contribution in [0.2, 0.25) is 0 Å². The van der Waals surface area contributed by atoms with E-state index < -0.39 is 40.7 Å². The molecule has 1 aliphatic rings. The van der Waals surface area contributed by atoms with Crippen molar-refractivity contribution in [1.82, 2.24) is 0 Å². The fraction of sp³-hybridized carbons (Fsp3) is 0.429. The van der Waals surface area contributed by atoms with E-state index in [9.17, 15) is 26.3 Å². The van der Waals surface area contributed by atoms with E-state index in [4.69, 9.17) is 0 Å². The Morgan fingerprint density at radius 2 is 1.50 bits per heavy atom. The van der Waals surface area contributed by atoms with Crippen LogP contribution in [0.4, 0.5) is 26.3 Å². The van der Waals surface area contributed by atoms with Gasteiger partial charge in [-0.15, -0.1) is 0 Å². The lowest BCUT2D eigenvalue weighted by atomic mass is 9.78. The van der Waals surface area contributed by atoms with E-state index in [-0.39, 0.29) is 18.1 Å². The van der Waals surface area contributed by atoms with Gasteiger partial charge < -0.3 is 4.74 Å². The maximum atomic E-state index is 14.4. The minimum Gasteiger partial charge on any atom is -0.429 e. The third-order valence-corrected chi connectivity index (χ3v) is 5.41. The van der Waals surface area contributed by atoms with Crippen LogP contribution in [0.1, 0.15) is 56.1 Å². The Balaban J connectivity index is 1.79. The van der Waals surface area contributed by atoms with Gasteiger partial charge in [0.25, 0.3) is 0 Å². The van der Waals surface area contributed by atoms with Crippen LogP contribution < -0.4 is 4.74 Å². The molecule has 0 heterocycles. The maximum absolute atomic E-state index is 14.4. The van der Waals surface area contributed by atoms with Gasteiger partial charge in [0.05, 0.1) is 5.56 Å². The Hall–Kier alpha value is -2.18. The van der Waals surface area contributed by atoms with Crippen molar-refractivity contribution in [3.63, 3.8) is 0 Å². The van der Waals surface area contributed by atoms with Crippen LogP contribution in [0.5, 0.6) is 5.75 Å². The monoisotopic (exact) mass is 402 g/mol. The highest BCUT2D eigenvalue weighted by Crippen LogP contribution is 2.39. The zero-order chi connectivity index (χ0) is 20.5. The minimum atomic E-state index is -4.18. The molecule has 2 aromatic rings. The van der Waals surface area contributed by atoms with E-state index in [1.54, 1.807) is 0 Å². The maximum Gasteiger partial charge on any atom is 0.429 e. The minimum absolute atomic E-state index is 0.112. The quantitative estimate of drug-likeness (QED) is 0.384.